The molecule has 1 fully saturated rings. The van der Waals surface area contributed by atoms with Crippen LogP contribution in [-0.2, 0) is 14.3 Å². The number of benzene rings is 1. The van der Waals surface area contributed by atoms with E-state index in [1.54, 1.807) is 23.4 Å². The van der Waals surface area contributed by atoms with Gasteiger partial charge in [-0.3, -0.25) is 14.4 Å². The van der Waals surface area contributed by atoms with Crippen LogP contribution < -0.4 is 10.2 Å². The number of halogens is 1. The first-order valence-corrected chi connectivity index (χ1v) is 9.02. The number of carbonyl (C=O) groups is 3. The monoisotopic (exact) mass is 401 g/mol. The summed E-state index contributed by atoms with van der Waals surface area (Å²) in [6, 6.07) is 7.16. The molecule has 0 aliphatic carbocycles. The van der Waals surface area contributed by atoms with E-state index >= 15 is 0 Å². The maximum atomic E-state index is 13.5. The largest absolute Gasteiger partial charge is 0.454 e. The molecule has 2 aromatic rings. The Morgan fingerprint density at radius 3 is 2.41 bits per heavy atom. The first-order valence-electron chi connectivity index (χ1n) is 9.02. The molecule has 2 heterocycles. The molecule has 1 saturated heterocycles. The number of anilines is 1. The Kier molecular flexibility index (Phi) is 6.67. The summed E-state index contributed by atoms with van der Waals surface area (Å²) in [5.41, 5.74) is -0.170. The van der Waals surface area contributed by atoms with Crippen molar-refractivity contribution in [1.29, 1.82) is 0 Å². The molecule has 1 aliphatic rings. The quantitative estimate of drug-likeness (QED) is 0.691. The molecule has 3 rings (SSSR count). The molecular formula is C19H20FN5O4. The molecule has 1 aromatic carbocycles. The standard InChI is InChI=1S/C19H20FN5O4/c20-15-5-2-1-4-14(15)18(28)23-12-17(27)29-13-16(26)24-8-10-25(11-9-24)19-21-6-3-7-22-19/h1-7H,8-13H2,(H,23,28). The molecule has 0 saturated carbocycles. The van der Waals surface area contributed by atoms with Crippen LogP contribution in [0.15, 0.2) is 42.7 Å². The van der Waals surface area contributed by atoms with Gasteiger partial charge in [-0.25, -0.2) is 14.4 Å². The third-order valence-corrected chi connectivity index (χ3v) is 4.34. The van der Waals surface area contributed by atoms with Gasteiger partial charge in [0.25, 0.3) is 11.8 Å². The lowest BCUT2D eigenvalue weighted by Gasteiger charge is -2.34. The number of esters is 1. The maximum absolute atomic E-state index is 13.5. The lowest BCUT2D eigenvalue weighted by atomic mass is 10.2. The van der Waals surface area contributed by atoms with Crippen molar-refractivity contribution < 1.29 is 23.5 Å². The van der Waals surface area contributed by atoms with Crippen molar-refractivity contribution in [3.05, 3.63) is 54.1 Å². The van der Waals surface area contributed by atoms with Gasteiger partial charge in [-0.15, -0.1) is 0 Å². The van der Waals surface area contributed by atoms with Crippen molar-refractivity contribution >= 4 is 23.7 Å². The van der Waals surface area contributed by atoms with Gasteiger partial charge in [0.05, 0.1) is 5.56 Å². The van der Waals surface area contributed by atoms with Gasteiger partial charge in [-0.2, -0.15) is 0 Å². The van der Waals surface area contributed by atoms with E-state index in [4.69, 9.17) is 4.74 Å². The third kappa shape index (κ3) is 5.47. The van der Waals surface area contributed by atoms with Gasteiger partial charge in [0.15, 0.2) is 6.61 Å². The highest BCUT2D eigenvalue weighted by molar-refractivity contribution is 5.96. The number of aromatic nitrogens is 2. The zero-order valence-electron chi connectivity index (χ0n) is 15.6. The van der Waals surface area contributed by atoms with E-state index in [1.165, 1.54) is 18.2 Å². The fraction of sp³-hybridized carbons (Fsp3) is 0.316. The van der Waals surface area contributed by atoms with Gasteiger partial charge in [0.1, 0.15) is 12.4 Å². The van der Waals surface area contributed by atoms with Crippen LogP contribution in [0.2, 0.25) is 0 Å². The summed E-state index contributed by atoms with van der Waals surface area (Å²) in [5.74, 6) is -1.91. The number of rotatable bonds is 6. The van der Waals surface area contributed by atoms with Crippen LogP contribution in [0.3, 0.4) is 0 Å². The highest BCUT2D eigenvalue weighted by Crippen LogP contribution is 2.10. The minimum atomic E-state index is -0.778. The lowest BCUT2D eigenvalue weighted by molar-refractivity contribution is -0.151. The molecule has 1 aliphatic heterocycles. The lowest BCUT2D eigenvalue weighted by Crippen LogP contribution is -2.50. The molecule has 2 amide bonds. The molecule has 152 valence electrons. The first kappa shape index (κ1) is 20.2. The van der Waals surface area contributed by atoms with Crippen LogP contribution in [0.1, 0.15) is 10.4 Å². The van der Waals surface area contributed by atoms with E-state index in [1.807, 2.05) is 4.90 Å². The van der Waals surface area contributed by atoms with E-state index in [-0.39, 0.29) is 11.5 Å². The van der Waals surface area contributed by atoms with Gasteiger partial charge in [0, 0.05) is 38.6 Å². The average molecular weight is 401 g/mol. The highest BCUT2D eigenvalue weighted by Gasteiger charge is 2.23. The smallest absolute Gasteiger partial charge is 0.325 e. The topological polar surface area (TPSA) is 105 Å². The summed E-state index contributed by atoms with van der Waals surface area (Å²) in [5, 5.41) is 2.27. The zero-order chi connectivity index (χ0) is 20.6. The van der Waals surface area contributed by atoms with Gasteiger partial charge in [-0.05, 0) is 18.2 Å². The molecule has 1 N–H and O–H groups in total. The Balaban J connectivity index is 1.38. The first-order chi connectivity index (χ1) is 14.0. The minimum absolute atomic E-state index is 0.170. The van der Waals surface area contributed by atoms with Crippen LogP contribution in [0.5, 0.6) is 0 Å². The Labute approximate surface area is 166 Å². The summed E-state index contributed by atoms with van der Waals surface area (Å²) < 4.78 is 18.4. The Hall–Kier alpha value is -3.56. The second-order valence-electron chi connectivity index (χ2n) is 6.24. The van der Waals surface area contributed by atoms with Crippen molar-refractivity contribution in [2.24, 2.45) is 0 Å². The van der Waals surface area contributed by atoms with Crippen molar-refractivity contribution in [3.63, 3.8) is 0 Å². The maximum Gasteiger partial charge on any atom is 0.325 e. The number of hydrogen-bond donors (Lipinski definition) is 1. The molecule has 0 bridgehead atoms. The van der Waals surface area contributed by atoms with Gasteiger partial charge >= 0.3 is 5.97 Å². The van der Waals surface area contributed by atoms with Crippen LogP contribution >= 0.6 is 0 Å². The van der Waals surface area contributed by atoms with Gasteiger partial charge < -0.3 is 19.9 Å². The SMILES string of the molecule is O=C(CNC(=O)c1ccccc1F)OCC(=O)N1CCN(c2ncccn2)CC1. The number of amides is 2. The Bertz CT molecular complexity index is 872. The molecule has 29 heavy (non-hydrogen) atoms. The predicted octanol–water partition coefficient (Wildman–Crippen LogP) is 0.237. The second-order valence-corrected chi connectivity index (χ2v) is 6.24. The number of nitrogens with zero attached hydrogens (tertiary/aromatic N) is 4. The van der Waals surface area contributed by atoms with E-state index < -0.39 is 30.8 Å². The molecule has 1 aromatic heterocycles. The number of piperazine rings is 1. The number of nitrogens with one attached hydrogen (secondary N) is 1. The average Bonchev–Trinajstić information content (AvgIpc) is 2.77. The van der Waals surface area contributed by atoms with Crippen molar-refractivity contribution in [3.8, 4) is 0 Å². The fourth-order valence-corrected chi connectivity index (χ4v) is 2.79. The summed E-state index contributed by atoms with van der Waals surface area (Å²) in [4.78, 5) is 47.7. The molecule has 0 radical (unpaired) electrons. The molecule has 0 atom stereocenters. The van der Waals surface area contributed by atoms with Crippen LogP contribution in [-0.4, -0.2) is 72.0 Å². The highest BCUT2D eigenvalue weighted by atomic mass is 19.1. The number of hydrogen-bond acceptors (Lipinski definition) is 7. The van der Waals surface area contributed by atoms with Gasteiger partial charge in [0.2, 0.25) is 5.95 Å². The van der Waals surface area contributed by atoms with Crippen molar-refractivity contribution in [2.75, 3.05) is 44.2 Å². The summed E-state index contributed by atoms with van der Waals surface area (Å²) >= 11 is 0. The Morgan fingerprint density at radius 1 is 1.03 bits per heavy atom. The summed E-state index contributed by atoms with van der Waals surface area (Å²) in [7, 11) is 0. The van der Waals surface area contributed by atoms with E-state index in [0.29, 0.717) is 32.1 Å². The summed E-state index contributed by atoms with van der Waals surface area (Å²) in [6.45, 7) is 1.18. The number of carbonyl (C=O) groups excluding carboxylic acids is 3. The zero-order valence-corrected chi connectivity index (χ0v) is 15.6. The minimum Gasteiger partial charge on any atom is -0.454 e. The fourth-order valence-electron chi connectivity index (χ4n) is 2.79. The molecule has 0 unspecified atom stereocenters. The molecule has 10 heteroatoms. The van der Waals surface area contributed by atoms with Crippen LogP contribution in [0.25, 0.3) is 0 Å². The molecule has 0 spiro atoms. The van der Waals surface area contributed by atoms with Crippen LogP contribution in [0.4, 0.5) is 10.3 Å². The predicted molar refractivity (Wildman–Crippen MR) is 101 cm³/mol. The van der Waals surface area contributed by atoms with E-state index in [0.717, 1.165) is 6.07 Å². The van der Waals surface area contributed by atoms with Crippen molar-refractivity contribution in [1.82, 2.24) is 20.2 Å². The Morgan fingerprint density at radius 2 is 1.72 bits per heavy atom. The van der Waals surface area contributed by atoms with Crippen molar-refractivity contribution in [2.45, 2.75) is 0 Å². The van der Waals surface area contributed by atoms with Gasteiger partial charge in [-0.1, -0.05) is 12.1 Å². The molecular weight excluding hydrogens is 381 g/mol. The molecule has 9 nitrogen and oxygen atoms in total. The van der Waals surface area contributed by atoms with E-state index in [9.17, 15) is 18.8 Å². The summed E-state index contributed by atoms with van der Waals surface area (Å²) in [6.07, 6.45) is 3.31. The second kappa shape index (κ2) is 9.58. The van der Waals surface area contributed by atoms with Crippen LogP contribution in [0, 0.1) is 5.82 Å². The number of ether oxygens (including phenoxy) is 1. The third-order valence-electron chi connectivity index (χ3n) is 4.34. The normalized spacial score (nSPS) is 13.7. The van der Waals surface area contributed by atoms with E-state index in [2.05, 4.69) is 15.3 Å².